The predicted octanol–water partition coefficient (Wildman–Crippen LogP) is 3.72. The first-order valence-electron chi connectivity index (χ1n) is 7.60. The first kappa shape index (κ1) is 18.5. The fourth-order valence-electron chi connectivity index (χ4n) is 2.23. The second-order valence-corrected chi connectivity index (χ2v) is 7.76. The zero-order valence-corrected chi connectivity index (χ0v) is 16.2. The number of nitrogens with one attached hydrogen (secondary N) is 1. The van der Waals surface area contributed by atoms with Crippen molar-refractivity contribution in [3.8, 4) is 6.07 Å². The molecule has 0 fully saturated rings. The van der Waals surface area contributed by atoms with Gasteiger partial charge < -0.3 is 9.88 Å². The van der Waals surface area contributed by atoms with Gasteiger partial charge >= 0.3 is 0 Å². The molecule has 1 N–H and O–H groups in total. The molecule has 3 aromatic rings. The summed E-state index contributed by atoms with van der Waals surface area (Å²) in [5.41, 5.74) is 0.770. The van der Waals surface area contributed by atoms with Crippen LogP contribution in [0.5, 0.6) is 0 Å². The predicted molar refractivity (Wildman–Crippen MR) is 104 cm³/mol. The van der Waals surface area contributed by atoms with Gasteiger partial charge in [0.1, 0.15) is 11.9 Å². The maximum Gasteiger partial charge on any atom is 0.234 e. The van der Waals surface area contributed by atoms with Crippen LogP contribution in [0.15, 0.2) is 40.9 Å². The Morgan fingerprint density at radius 1 is 1.42 bits per heavy atom. The van der Waals surface area contributed by atoms with E-state index >= 15 is 0 Å². The van der Waals surface area contributed by atoms with Crippen LogP contribution in [0.1, 0.15) is 16.3 Å². The van der Waals surface area contributed by atoms with E-state index in [1.165, 1.54) is 16.6 Å². The molecule has 0 aliphatic carbocycles. The lowest BCUT2D eigenvalue weighted by Crippen LogP contribution is -2.15. The van der Waals surface area contributed by atoms with Crippen molar-refractivity contribution in [3.05, 3.63) is 57.0 Å². The van der Waals surface area contributed by atoms with Crippen molar-refractivity contribution in [2.24, 2.45) is 7.05 Å². The highest BCUT2D eigenvalue weighted by atomic mass is 35.5. The van der Waals surface area contributed by atoms with E-state index in [4.69, 9.17) is 16.9 Å². The molecule has 0 atom stereocenters. The van der Waals surface area contributed by atoms with Gasteiger partial charge in [-0.1, -0.05) is 29.4 Å². The second kappa shape index (κ2) is 8.36. The number of amides is 1. The summed E-state index contributed by atoms with van der Waals surface area (Å²) in [6.45, 7) is 0. The average Bonchev–Trinajstić information content (AvgIpc) is 3.25. The van der Waals surface area contributed by atoms with E-state index in [2.05, 4.69) is 21.6 Å². The van der Waals surface area contributed by atoms with E-state index in [-0.39, 0.29) is 11.7 Å². The molecule has 6 nitrogen and oxygen atoms in total. The summed E-state index contributed by atoms with van der Waals surface area (Å²) in [5.74, 6) is 0.760. The summed E-state index contributed by atoms with van der Waals surface area (Å²) >= 11 is 8.89. The van der Waals surface area contributed by atoms with Crippen molar-refractivity contribution in [2.75, 3.05) is 11.1 Å². The Balaban J connectivity index is 1.61. The molecule has 0 aliphatic rings. The smallest absolute Gasteiger partial charge is 0.234 e. The molecular weight excluding hydrogens is 390 g/mol. The molecule has 9 heteroatoms. The molecule has 2 heterocycles. The Hall–Kier alpha value is -2.34. The van der Waals surface area contributed by atoms with E-state index in [9.17, 15) is 4.79 Å². The second-order valence-electron chi connectivity index (χ2n) is 5.35. The molecule has 1 aromatic carbocycles. The first-order valence-corrected chi connectivity index (χ1v) is 9.84. The number of anilines is 1. The number of thiophene rings is 1. The SMILES string of the molecule is Cn1c(Cc2cccs2)nnc1SCC(=O)Nc1cc(Cl)ccc1C#N. The van der Waals surface area contributed by atoms with Crippen LogP contribution in [-0.2, 0) is 18.3 Å². The molecule has 0 aliphatic heterocycles. The third-order valence-electron chi connectivity index (χ3n) is 3.55. The molecule has 132 valence electrons. The Bertz CT molecular complexity index is 962. The maximum absolute atomic E-state index is 12.2. The largest absolute Gasteiger partial charge is 0.324 e. The normalized spacial score (nSPS) is 10.5. The number of rotatable bonds is 6. The van der Waals surface area contributed by atoms with Crippen molar-refractivity contribution < 1.29 is 4.79 Å². The molecule has 1 amide bonds. The van der Waals surface area contributed by atoms with Crippen LogP contribution in [0, 0.1) is 11.3 Å². The molecule has 0 radical (unpaired) electrons. The first-order chi connectivity index (χ1) is 12.6. The van der Waals surface area contributed by atoms with Crippen molar-refractivity contribution in [2.45, 2.75) is 11.6 Å². The summed E-state index contributed by atoms with van der Waals surface area (Å²) in [6, 6.07) is 10.8. The molecule has 2 aromatic heterocycles. The minimum atomic E-state index is -0.239. The molecule has 0 bridgehead atoms. The van der Waals surface area contributed by atoms with E-state index in [0.717, 1.165) is 5.82 Å². The lowest BCUT2D eigenvalue weighted by Gasteiger charge is -2.07. The molecule has 3 rings (SSSR count). The molecule has 26 heavy (non-hydrogen) atoms. The fourth-order valence-corrected chi connectivity index (χ4v) is 3.83. The lowest BCUT2D eigenvalue weighted by atomic mass is 10.2. The minimum absolute atomic E-state index is 0.155. The topological polar surface area (TPSA) is 83.6 Å². The molecule has 0 saturated carbocycles. The van der Waals surface area contributed by atoms with Gasteiger partial charge in [-0.15, -0.1) is 21.5 Å². The number of aromatic nitrogens is 3. The van der Waals surface area contributed by atoms with E-state index < -0.39 is 0 Å². The highest BCUT2D eigenvalue weighted by Crippen LogP contribution is 2.22. The third-order valence-corrected chi connectivity index (χ3v) is 5.68. The van der Waals surface area contributed by atoms with Gasteiger partial charge in [-0.25, -0.2) is 0 Å². The van der Waals surface area contributed by atoms with Gasteiger partial charge in [-0.2, -0.15) is 5.26 Å². The van der Waals surface area contributed by atoms with Crippen LogP contribution in [-0.4, -0.2) is 26.4 Å². The Morgan fingerprint density at radius 3 is 3.00 bits per heavy atom. The van der Waals surface area contributed by atoms with Gasteiger partial charge in [-0.3, -0.25) is 4.79 Å². The summed E-state index contributed by atoms with van der Waals surface area (Å²) in [7, 11) is 1.88. The number of thioether (sulfide) groups is 1. The van der Waals surface area contributed by atoms with Gasteiger partial charge in [0.2, 0.25) is 5.91 Å². The zero-order chi connectivity index (χ0) is 18.5. The number of nitrogens with zero attached hydrogens (tertiary/aromatic N) is 4. The van der Waals surface area contributed by atoms with Gasteiger partial charge in [0.15, 0.2) is 5.16 Å². The molecule has 0 saturated heterocycles. The van der Waals surface area contributed by atoms with Gasteiger partial charge in [-0.05, 0) is 29.6 Å². The van der Waals surface area contributed by atoms with Crippen LogP contribution in [0.3, 0.4) is 0 Å². The fraction of sp³-hybridized carbons (Fsp3) is 0.176. The van der Waals surface area contributed by atoms with Crippen LogP contribution in [0.4, 0.5) is 5.69 Å². The Morgan fingerprint density at radius 2 is 2.27 bits per heavy atom. The lowest BCUT2D eigenvalue weighted by molar-refractivity contribution is -0.113. The molecule has 0 spiro atoms. The van der Waals surface area contributed by atoms with E-state index in [1.807, 2.05) is 29.1 Å². The number of carbonyl (C=O) groups is 1. The van der Waals surface area contributed by atoms with Gasteiger partial charge in [0.05, 0.1) is 17.0 Å². The summed E-state index contributed by atoms with van der Waals surface area (Å²) in [4.78, 5) is 13.4. The van der Waals surface area contributed by atoms with E-state index in [1.54, 1.807) is 29.5 Å². The summed E-state index contributed by atoms with van der Waals surface area (Å²) in [6.07, 6.45) is 0.710. The van der Waals surface area contributed by atoms with Gasteiger partial charge in [0.25, 0.3) is 0 Å². The third kappa shape index (κ3) is 4.43. The molecule has 0 unspecified atom stereocenters. The summed E-state index contributed by atoms with van der Waals surface area (Å²) < 4.78 is 1.89. The van der Waals surface area contributed by atoms with Gasteiger partial charge in [0, 0.05) is 23.4 Å². The number of carbonyl (C=O) groups excluding carboxylic acids is 1. The Kier molecular flexibility index (Phi) is 5.93. The highest BCUT2D eigenvalue weighted by molar-refractivity contribution is 7.99. The van der Waals surface area contributed by atoms with Crippen molar-refractivity contribution in [1.29, 1.82) is 5.26 Å². The average molecular weight is 404 g/mol. The number of hydrogen-bond donors (Lipinski definition) is 1. The quantitative estimate of drug-likeness (QED) is 0.634. The van der Waals surface area contributed by atoms with E-state index in [0.29, 0.717) is 27.9 Å². The van der Waals surface area contributed by atoms with Crippen LogP contribution in [0.25, 0.3) is 0 Å². The van der Waals surface area contributed by atoms with Crippen LogP contribution >= 0.6 is 34.7 Å². The standard InChI is InChI=1S/C17H14ClN5OS2/c1-23-15(8-13-3-2-6-25-13)21-22-17(23)26-10-16(24)20-14-7-12(18)5-4-11(14)9-19/h2-7H,8,10H2,1H3,(H,20,24). The number of hydrogen-bond acceptors (Lipinski definition) is 6. The monoisotopic (exact) mass is 403 g/mol. The summed E-state index contributed by atoms with van der Waals surface area (Å²) in [5, 5.41) is 23.3. The van der Waals surface area contributed by atoms with Crippen LogP contribution in [0.2, 0.25) is 5.02 Å². The zero-order valence-electron chi connectivity index (χ0n) is 13.8. The number of benzene rings is 1. The maximum atomic E-state index is 12.2. The Labute approximate surface area is 163 Å². The number of nitriles is 1. The van der Waals surface area contributed by atoms with Crippen molar-refractivity contribution >= 4 is 46.3 Å². The number of halogens is 1. The van der Waals surface area contributed by atoms with Crippen molar-refractivity contribution in [1.82, 2.24) is 14.8 Å². The highest BCUT2D eigenvalue weighted by Gasteiger charge is 2.13. The molecular formula is C17H14ClN5OS2. The minimum Gasteiger partial charge on any atom is -0.324 e. The van der Waals surface area contributed by atoms with Crippen molar-refractivity contribution in [3.63, 3.8) is 0 Å². The van der Waals surface area contributed by atoms with Crippen LogP contribution < -0.4 is 5.32 Å².